The van der Waals surface area contributed by atoms with E-state index in [9.17, 15) is 4.79 Å². The third-order valence-corrected chi connectivity index (χ3v) is 5.01. The van der Waals surface area contributed by atoms with Gasteiger partial charge in [0.05, 0.1) is 6.54 Å². The average Bonchev–Trinajstić information content (AvgIpc) is 3.34. The number of nitrogens with zero attached hydrogens (tertiary/aromatic N) is 1. The Hall–Kier alpha value is -1.10. The molecular formula is C19H30ClN3O. The summed E-state index contributed by atoms with van der Waals surface area (Å²) in [6.07, 6.45) is 5.13. The molecule has 4 nitrogen and oxygen atoms in total. The standard InChI is InChI=1S/C19H29N3O.ClH/c1-14-3-4-15(2)18(11-14)21-19(23)13-22-9-7-17(8-10-22)20-12-16-5-6-16;/h3-4,11,16-17,20H,5-10,12-13H2,1-2H3,(H,21,23);1H. The van der Waals surface area contributed by atoms with Crippen LogP contribution in [-0.2, 0) is 4.79 Å². The first-order chi connectivity index (χ1) is 11.1. The van der Waals surface area contributed by atoms with Crippen LogP contribution >= 0.6 is 12.4 Å². The van der Waals surface area contributed by atoms with Gasteiger partial charge in [-0.25, -0.2) is 0 Å². The van der Waals surface area contributed by atoms with Crippen molar-refractivity contribution in [2.45, 2.75) is 45.6 Å². The summed E-state index contributed by atoms with van der Waals surface area (Å²) in [5.74, 6) is 1.04. The lowest BCUT2D eigenvalue weighted by Gasteiger charge is -2.32. The van der Waals surface area contributed by atoms with Crippen molar-refractivity contribution >= 4 is 24.0 Å². The molecule has 1 aromatic rings. The first-order valence-electron chi connectivity index (χ1n) is 8.93. The zero-order valence-electron chi connectivity index (χ0n) is 14.8. The highest BCUT2D eigenvalue weighted by molar-refractivity contribution is 5.93. The minimum absolute atomic E-state index is 0. The van der Waals surface area contributed by atoms with Crippen molar-refractivity contribution in [3.63, 3.8) is 0 Å². The smallest absolute Gasteiger partial charge is 0.238 e. The maximum absolute atomic E-state index is 12.3. The Morgan fingerprint density at radius 3 is 2.54 bits per heavy atom. The first-order valence-corrected chi connectivity index (χ1v) is 8.93. The predicted octanol–water partition coefficient (Wildman–Crippen LogP) is 3.13. The van der Waals surface area contributed by atoms with Crippen LogP contribution in [0.1, 0.15) is 36.8 Å². The molecule has 3 rings (SSSR count). The second-order valence-electron chi connectivity index (χ2n) is 7.27. The topological polar surface area (TPSA) is 44.4 Å². The van der Waals surface area contributed by atoms with Gasteiger partial charge in [-0.15, -0.1) is 12.4 Å². The van der Waals surface area contributed by atoms with E-state index in [2.05, 4.69) is 34.6 Å². The number of hydrogen-bond acceptors (Lipinski definition) is 3. The molecule has 0 aromatic heterocycles. The molecule has 2 aliphatic rings. The maximum Gasteiger partial charge on any atom is 0.238 e. The van der Waals surface area contributed by atoms with Crippen LogP contribution in [0.3, 0.4) is 0 Å². The van der Waals surface area contributed by atoms with Crippen molar-refractivity contribution in [3.8, 4) is 0 Å². The summed E-state index contributed by atoms with van der Waals surface area (Å²) in [5.41, 5.74) is 3.23. The second-order valence-corrected chi connectivity index (χ2v) is 7.27. The van der Waals surface area contributed by atoms with Gasteiger partial charge in [0, 0.05) is 24.8 Å². The van der Waals surface area contributed by atoms with Gasteiger partial charge in [-0.2, -0.15) is 0 Å². The molecule has 2 N–H and O–H groups in total. The van der Waals surface area contributed by atoms with Crippen LogP contribution in [0, 0.1) is 19.8 Å². The van der Waals surface area contributed by atoms with Gasteiger partial charge in [0.25, 0.3) is 0 Å². The Bertz CT molecular complexity index is 552. The summed E-state index contributed by atoms with van der Waals surface area (Å²) in [7, 11) is 0. The Morgan fingerprint density at radius 1 is 1.17 bits per heavy atom. The van der Waals surface area contributed by atoms with Crippen molar-refractivity contribution < 1.29 is 4.79 Å². The third-order valence-electron chi connectivity index (χ3n) is 5.01. The number of carbonyl (C=O) groups excluding carboxylic acids is 1. The number of piperidine rings is 1. The average molecular weight is 352 g/mol. The molecule has 1 saturated carbocycles. The van der Waals surface area contributed by atoms with Crippen molar-refractivity contribution in [2.24, 2.45) is 5.92 Å². The quantitative estimate of drug-likeness (QED) is 0.827. The van der Waals surface area contributed by atoms with E-state index in [1.807, 2.05) is 13.0 Å². The number of halogens is 1. The van der Waals surface area contributed by atoms with Gasteiger partial charge in [0.2, 0.25) is 5.91 Å². The fourth-order valence-electron chi connectivity index (χ4n) is 3.21. The predicted molar refractivity (Wildman–Crippen MR) is 102 cm³/mol. The van der Waals surface area contributed by atoms with Gasteiger partial charge in [-0.3, -0.25) is 9.69 Å². The number of benzene rings is 1. The van der Waals surface area contributed by atoms with Crippen LogP contribution in [0.15, 0.2) is 18.2 Å². The molecule has 5 heteroatoms. The summed E-state index contributed by atoms with van der Waals surface area (Å²) in [4.78, 5) is 14.6. The minimum atomic E-state index is 0. The molecule has 0 radical (unpaired) electrons. The largest absolute Gasteiger partial charge is 0.325 e. The molecule has 1 amide bonds. The van der Waals surface area contributed by atoms with Gasteiger partial charge in [0.15, 0.2) is 0 Å². The van der Waals surface area contributed by atoms with Crippen LogP contribution in [0.2, 0.25) is 0 Å². The lowest BCUT2D eigenvalue weighted by molar-refractivity contribution is -0.117. The zero-order valence-corrected chi connectivity index (χ0v) is 15.6. The van der Waals surface area contributed by atoms with Gasteiger partial charge >= 0.3 is 0 Å². The Kier molecular flexibility index (Phi) is 7.08. The van der Waals surface area contributed by atoms with Gasteiger partial charge in [-0.05, 0) is 69.2 Å². The summed E-state index contributed by atoms with van der Waals surface area (Å²) in [5, 5.41) is 6.75. The fraction of sp³-hybridized carbons (Fsp3) is 0.632. The Balaban J connectivity index is 0.00000208. The van der Waals surface area contributed by atoms with Crippen molar-refractivity contribution in [3.05, 3.63) is 29.3 Å². The lowest BCUT2D eigenvalue weighted by Crippen LogP contribution is -2.45. The molecule has 1 saturated heterocycles. The first kappa shape index (κ1) is 19.2. The summed E-state index contributed by atoms with van der Waals surface area (Å²) >= 11 is 0. The monoisotopic (exact) mass is 351 g/mol. The molecule has 134 valence electrons. The van der Waals surface area contributed by atoms with Crippen molar-refractivity contribution in [2.75, 3.05) is 31.5 Å². The number of amides is 1. The van der Waals surface area contributed by atoms with Crippen LogP contribution in [0.4, 0.5) is 5.69 Å². The molecule has 0 atom stereocenters. The molecule has 1 aromatic carbocycles. The van der Waals surface area contributed by atoms with E-state index in [4.69, 9.17) is 0 Å². The SMILES string of the molecule is Cc1ccc(C)c(NC(=O)CN2CCC(NCC3CC3)CC2)c1.Cl. The van der Waals surface area contributed by atoms with E-state index >= 15 is 0 Å². The highest BCUT2D eigenvalue weighted by Gasteiger charge is 2.25. The third kappa shape index (κ3) is 5.76. The van der Waals surface area contributed by atoms with E-state index in [1.165, 1.54) is 24.9 Å². The number of nitrogens with one attached hydrogen (secondary N) is 2. The summed E-state index contributed by atoms with van der Waals surface area (Å²) < 4.78 is 0. The molecule has 1 heterocycles. The molecule has 0 bridgehead atoms. The van der Waals surface area contributed by atoms with Gasteiger partial charge < -0.3 is 10.6 Å². The van der Waals surface area contributed by atoms with Crippen LogP contribution in [0.25, 0.3) is 0 Å². The lowest BCUT2D eigenvalue weighted by atomic mass is 10.0. The molecule has 0 unspecified atom stereocenters. The molecule has 1 aliphatic heterocycles. The number of carbonyl (C=O) groups is 1. The maximum atomic E-state index is 12.3. The fourth-order valence-corrected chi connectivity index (χ4v) is 3.21. The van der Waals surface area contributed by atoms with E-state index in [0.717, 1.165) is 43.1 Å². The summed E-state index contributed by atoms with van der Waals surface area (Å²) in [6.45, 7) is 7.81. The van der Waals surface area contributed by atoms with Crippen LogP contribution < -0.4 is 10.6 Å². The molecule has 0 spiro atoms. The Morgan fingerprint density at radius 2 is 1.88 bits per heavy atom. The second kappa shape index (κ2) is 8.84. The molecule has 24 heavy (non-hydrogen) atoms. The van der Waals surface area contributed by atoms with E-state index < -0.39 is 0 Å². The molecular weight excluding hydrogens is 322 g/mol. The van der Waals surface area contributed by atoms with Crippen LogP contribution in [0.5, 0.6) is 0 Å². The number of hydrogen-bond donors (Lipinski definition) is 2. The minimum Gasteiger partial charge on any atom is -0.325 e. The zero-order chi connectivity index (χ0) is 16.2. The Labute approximate surface area is 151 Å². The number of anilines is 1. The number of aryl methyl sites for hydroxylation is 2. The van der Waals surface area contributed by atoms with Crippen LogP contribution in [-0.4, -0.2) is 43.0 Å². The number of likely N-dealkylation sites (tertiary alicyclic amines) is 1. The van der Waals surface area contributed by atoms with Crippen molar-refractivity contribution in [1.82, 2.24) is 10.2 Å². The number of rotatable bonds is 6. The van der Waals surface area contributed by atoms with E-state index in [1.54, 1.807) is 0 Å². The molecule has 2 fully saturated rings. The van der Waals surface area contributed by atoms with Gasteiger partial charge in [0.1, 0.15) is 0 Å². The summed E-state index contributed by atoms with van der Waals surface area (Å²) in [6, 6.07) is 6.82. The highest BCUT2D eigenvalue weighted by atomic mass is 35.5. The molecule has 1 aliphatic carbocycles. The highest BCUT2D eigenvalue weighted by Crippen LogP contribution is 2.28. The van der Waals surface area contributed by atoms with Crippen molar-refractivity contribution in [1.29, 1.82) is 0 Å². The van der Waals surface area contributed by atoms with Gasteiger partial charge in [-0.1, -0.05) is 12.1 Å². The normalized spacial score (nSPS) is 18.9. The van der Waals surface area contributed by atoms with E-state index in [-0.39, 0.29) is 18.3 Å². The van der Waals surface area contributed by atoms with E-state index in [0.29, 0.717) is 12.6 Å².